The fourth-order valence-corrected chi connectivity index (χ4v) is 2.71. The lowest BCUT2D eigenvalue weighted by Crippen LogP contribution is -2.14. The molecule has 3 aromatic rings. The highest BCUT2D eigenvalue weighted by Crippen LogP contribution is 2.30. The Labute approximate surface area is 137 Å². The van der Waals surface area contributed by atoms with Gasteiger partial charge in [-0.3, -0.25) is 0 Å². The van der Waals surface area contributed by atoms with Gasteiger partial charge in [-0.2, -0.15) is 5.10 Å². The van der Waals surface area contributed by atoms with Crippen LogP contribution in [-0.4, -0.2) is 27.6 Å². The molecule has 0 amide bonds. The zero-order valence-electron chi connectivity index (χ0n) is 12.7. The van der Waals surface area contributed by atoms with Crippen LogP contribution < -0.4 is 4.74 Å². The number of carboxylic acids is 1. The lowest BCUT2D eigenvalue weighted by molar-refractivity contribution is -0.0164. The minimum absolute atomic E-state index is 0.261. The van der Waals surface area contributed by atoms with Crippen molar-refractivity contribution in [2.24, 2.45) is 0 Å². The monoisotopic (exact) mass is 322 g/mol. The quantitative estimate of drug-likeness (QED) is 0.802. The number of fused-ring (bicyclic) bond motifs is 1. The van der Waals surface area contributed by atoms with E-state index in [1.54, 1.807) is 35.1 Å². The SMILES string of the molecule is O=C(O)c1ccc(-c2cnn(-c3cccc4c3COCO4)c2)cc1. The van der Waals surface area contributed by atoms with E-state index >= 15 is 0 Å². The van der Waals surface area contributed by atoms with Crippen molar-refractivity contribution in [3.63, 3.8) is 0 Å². The van der Waals surface area contributed by atoms with E-state index in [2.05, 4.69) is 5.10 Å². The highest BCUT2D eigenvalue weighted by Gasteiger charge is 2.16. The number of hydrogen-bond acceptors (Lipinski definition) is 4. The molecule has 0 atom stereocenters. The zero-order valence-corrected chi connectivity index (χ0v) is 12.7. The summed E-state index contributed by atoms with van der Waals surface area (Å²) in [7, 11) is 0. The van der Waals surface area contributed by atoms with Crippen LogP contribution in [0.1, 0.15) is 15.9 Å². The van der Waals surface area contributed by atoms with Crippen molar-refractivity contribution in [3.05, 3.63) is 66.0 Å². The molecule has 2 heterocycles. The summed E-state index contributed by atoms with van der Waals surface area (Å²) in [6.07, 6.45) is 3.65. The van der Waals surface area contributed by atoms with Crippen LogP contribution in [0.2, 0.25) is 0 Å². The summed E-state index contributed by atoms with van der Waals surface area (Å²) >= 11 is 0. The summed E-state index contributed by atoms with van der Waals surface area (Å²) in [5.74, 6) is -0.130. The molecule has 1 aromatic heterocycles. The molecule has 6 heteroatoms. The van der Waals surface area contributed by atoms with Gasteiger partial charge in [-0.05, 0) is 29.8 Å². The third-order valence-corrected chi connectivity index (χ3v) is 3.95. The van der Waals surface area contributed by atoms with Crippen molar-refractivity contribution in [2.75, 3.05) is 6.79 Å². The number of carbonyl (C=O) groups is 1. The molecule has 24 heavy (non-hydrogen) atoms. The average molecular weight is 322 g/mol. The Morgan fingerprint density at radius 3 is 2.75 bits per heavy atom. The molecule has 120 valence electrons. The van der Waals surface area contributed by atoms with Gasteiger partial charge in [-0.25, -0.2) is 9.48 Å². The van der Waals surface area contributed by atoms with Gasteiger partial charge in [0.1, 0.15) is 5.75 Å². The number of hydrogen-bond donors (Lipinski definition) is 1. The molecule has 0 spiro atoms. The normalized spacial score (nSPS) is 13.2. The van der Waals surface area contributed by atoms with E-state index in [1.165, 1.54) is 0 Å². The van der Waals surface area contributed by atoms with Gasteiger partial charge < -0.3 is 14.6 Å². The standard InChI is InChI=1S/C18H14N2O4/c21-18(22)13-6-4-12(5-7-13)14-8-19-20(9-14)16-2-1-3-17-15(16)10-23-11-24-17/h1-9H,10-11H2,(H,21,22). The molecular weight excluding hydrogens is 308 g/mol. The second-order valence-corrected chi connectivity index (χ2v) is 5.42. The third kappa shape index (κ3) is 2.53. The van der Waals surface area contributed by atoms with Crippen molar-refractivity contribution in [3.8, 4) is 22.6 Å². The lowest BCUT2D eigenvalue weighted by atomic mass is 10.1. The van der Waals surface area contributed by atoms with Crippen LogP contribution in [-0.2, 0) is 11.3 Å². The molecule has 1 N–H and O–H groups in total. The van der Waals surface area contributed by atoms with E-state index < -0.39 is 5.97 Å². The van der Waals surface area contributed by atoms with Crippen LogP contribution in [0.15, 0.2) is 54.9 Å². The predicted molar refractivity (Wildman–Crippen MR) is 86.2 cm³/mol. The van der Waals surface area contributed by atoms with E-state index in [-0.39, 0.29) is 12.4 Å². The molecule has 0 saturated carbocycles. The van der Waals surface area contributed by atoms with Gasteiger partial charge in [-0.1, -0.05) is 18.2 Å². The van der Waals surface area contributed by atoms with Crippen LogP contribution in [0.4, 0.5) is 0 Å². The molecule has 0 unspecified atom stereocenters. The van der Waals surface area contributed by atoms with Crippen molar-refractivity contribution in [1.82, 2.24) is 9.78 Å². The number of ether oxygens (including phenoxy) is 2. The minimum atomic E-state index is -0.937. The summed E-state index contributed by atoms with van der Waals surface area (Å²) < 4.78 is 12.6. The Morgan fingerprint density at radius 2 is 1.96 bits per heavy atom. The first-order valence-electron chi connectivity index (χ1n) is 7.43. The maximum atomic E-state index is 10.9. The number of benzene rings is 2. The molecule has 0 bridgehead atoms. The van der Waals surface area contributed by atoms with Crippen molar-refractivity contribution >= 4 is 5.97 Å². The van der Waals surface area contributed by atoms with E-state index in [1.807, 2.05) is 24.4 Å². The molecule has 0 saturated heterocycles. The summed E-state index contributed by atoms with van der Waals surface area (Å²) in [5.41, 5.74) is 3.93. The van der Waals surface area contributed by atoms with Gasteiger partial charge in [0.05, 0.1) is 24.1 Å². The lowest BCUT2D eigenvalue weighted by Gasteiger charge is -2.20. The van der Waals surface area contributed by atoms with Gasteiger partial charge in [-0.15, -0.1) is 0 Å². The van der Waals surface area contributed by atoms with Crippen LogP contribution in [0.25, 0.3) is 16.8 Å². The van der Waals surface area contributed by atoms with Crippen molar-refractivity contribution < 1.29 is 19.4 Å². The Balaban J connectivity index is 1.69. The summed E-state index contributed by atoms with van der Waals surface area (Å²) in [5, 5.41) is 13.4. The molecule has 0 aliphatic carbocycles. The first-order valence-corrected chi connectivity index (χ1v) is 7.43. The zero-order chi connectivity index (χ0) is 16.5. The van der Waals surface area contributed by atoms with Gasteiger partial charge in [0, 0.05) is 17.3 Å². The number of rotatable bonds is 3. The predicted octanol–water partition coefficient (Wildman–Crippen LogP) is 3.10. The Morgan fingerprint density at radius 1 is 1.12 bits per heavy atom. The Hall–Kier alpha value is -3.12. The second kappa shape index (κ2) is 5.82. The van der Waals surface area contributed by atoms with Crippen molar-refractivity contribution in [1.29, 1.82) is 0 Å². The fraction of sp³-hybridized carbons (Fsp3) is 0.111. The minimum Gasteiger partial charge on any atom is -0.478 e. The highest BCUT2D eigenvalue weighted by molar-refractivity contribution is 5.88. The molecule has 1 aliphatic heterocycles. The smallest absolute Gasteiger partial charge is 0.335 e. The van der Waals surface area contributed by atoms with E-state index in [0.29, 0.717) is 6.61 Å². The number of aromatic nitrogens is 2. The second-order valence-electron chi connectivity index (χ2n) is 5.42. The molecule has 1 aliphatic rings. The van der Waals surface area contributed by atoms with Crippen LogP contribution in [0.5, 0.6) is 5.75 Å². The fourth-order valence-electron chi connectivity index (χ4n) is 2.71. The first-order chi connectivity index (χ1) is 11.7. The highest BCUT2D eigenvalue weighted by atomic mass is 16.7. The molecule has 0 fully saturated rings. The van der Waals surface area contributed by atoms with Gasteiger partial charge in [0.25, 0.3) is 0 Å². The Bertz CT molecular complexity index is 900. The molecule has 4 rings (SSSR count). The molecule has 0 radical (unpaired) electrons. The summed E-state index contributed by atoms with van der Waals surface area (Å²) in [4.78, 5) is 10.9. The summed E-state index contributed by atoms with van der Waals surface area (Å²) in [6, 6.07) is 12.5. The summed E-state index contributed by atoms with van der Waals surface area (Å²) in [6.45, 7) is 0.741. The first kappa shape index (κ1) is 14.5. The molecular formula is C18H14N2O4. The largest absolute Gasteiger partial charge is 0.478 e. The number of nitrogens with zero attached hydrogens (tertiary/aromatic N) is 2. The van der Waals surface area contributed by atoms with Gasteiger partial charge >= 0.3 is 5.97 Å². The average Bonchev–Trinajstić information content (AvgIpc) is 3.11. The Kier molecular flexibility index (Phi) is 3.51. The van der Waals surface area contributed by atoms with Crippen LogP contribution in [0.3, 0.4) is 0 Å². The van der Waals surface area contributed by atoms with Crippen LogP contribution in [0, 0.1) is 0 Å². The van der Waals surface area contributed by atoms with Gasteiger partial charge in [0.2, 0.25) is 0 Å². The topological polar surface area (TPSA) is 73.6 Å². The van der Waals surface area contributed by atoms with E-state index in [4.69, 9.17) is 14.6 Å². The number of aromatic carboxylic acids is 1. The maximum Gasteiger partial charge on any atom is 0.335 e. The van der Waals surface area contributed by atoms with E-state index in [0.717, 1.165) is 28.1 Å². The third-order valence-electron chi connectivity index (χ3n) is 3.95. The maximum absolute atomic E-state index is 10.9. The van der Waals surface area contributed by atoms with Crippen LogP contribution >= 0.6 is 0 Å². The van der Waals surface area contributed by atoms with Gasteiger partial charge in [0.15, 0.2) is 6.79 Å². The molecule has 6 nitrogen and oxygen atoms in total. The van der Waals surface area contributed by atoms with E-state index in [9.17, 15) is 4.79 Å². The van der Waals surface area contributed by atoms with Crippen molar-refractivity contribution in [2.45, 2.75) is 6.61 Å². The molecule has 2 aromatic carbocycles. The number of carboxylic acid groups (broad SMARTS) is 1.